The highest BCUT2D eigenvalue weighted by molar-refractivity contribution is 5.92. The van der Waals surface area contributed by atoms with Gasteiger partial charge in [-0.15, -0.1) is 0 Å². The molecule has 0 fully saturated rings. The van der Waals surface area contributed by atoms with Gasteiger partial charge in [-0.25, -0.2) is 9.59 Å². The molecule has 0 aliphatic rings. The largest absolute Gasteiger partial charge is 0.481 e. The van der Waals surface area contributed by atoms with Crippen molar-refractivity contribution in [3.05, 3.63) is 46.5 Å². The van der Waals surface area contributed by atoms with Crippen LogP contribution in [0.2, 0.25) is 0 Å². The van der Waals surface area contributed by atoms with Crippen LogP contribution in [0.25, 0.3) is 6.20 Å². The summed E-state index contributed by atoms with van der Waals surface area (Å²) in [7, 11) is 2.28. The number of hydrogen-bond acceptors (Lipinski definition) is 7. The lowest BCUT2D eigenvalue weighted by atomic mass is 10.4. The third-order valence-electron chi connectivity index (χ3n) is 2.44. The van der Waals surface area contributed by atoms with Gasteiger partial charge < -0.3 is 18.8 Å². The zero-order chi connectivity index (χ0) is 16.7. The molecule has 0 amide bonds. The minimum absolute atomic E-state index is 0.0118. The molecule has 1 aromatic rings. The van der Waals surface area contributed by atoms with E-state index in [4.69, 9.17) is 4.74 Å². The molecule has 0 saturated heterocycles. The molecule has 0 N–H and O–H groups in total. The van der Waals surface area contributed by atoms with Gasteiger partial charge in [0.05, 0.1) is 31.5 Å². The molecule has 0 radical (unpaired) electrons. The first-order valence-corrected chi connectivity index (χ1v) is 5.93. The van der Waals surface area contributed by atoms with Crippen LogP contribution in [-0.4, -0.2) is 42.3 Å². The Kier molecular flexibility index (Phi) is 5.87. The summed E-state index contributed by atoms with van der Waals surface area (Å²) in [6.45, 7) is 3.45. The molecule has 0 bridgehead atoms. The van der Waals surface area contributed by atoms with Crippen molar-refractivity contribution in [3.63, 3.8) is 0 Å². The summed E-state index contributed by atoms with van der Waals surface area (Å²) < 4.78 is 15.2. The monoisotopic (exact) mass is 310 g/mol. The fourth-order valence-corrected chi connectivity index (χ4v) is 1.46. The molecule has 1 aromatic heterocycles. The topological polar surface area (TPSA) is 110 Å². The first-order chi connectivity index (χ1) is 10.4. The fourth-order valence-electron chi connectivity index (χ4n) is 1.46. The minimum Gasteiger partial charge on any atom is -0.481 e. The van der Waals surface area contributed by atoms with E-state index >= 15 is 0 Å². The molecule has 9 heteroatoms. The third-order valence-corrected chi connectivity index (χ3v) is 2.44. The van der Waals surface area contributed by atoms with Crippen LogP contribution in [0.1, 0.15) is 10.5 Å². The number of nitro groups is 1. The Morgan fingerprint density at radius 1 is 1.41 bits per heavy atom. The second-order valence-corrected chi connectivity index (χ2v) is 3.82. The zero-order valence-corrected chi connectivity index (χ0v) is 12.0. The van der Waals surface area contributed by atoms with E-state index in [-0.39, 0.29) is 23.7 Å². The molecule has 0 aliphatic carbocycles. The van der Waals surface area contributed by atoms with Gasteiger partial charge in [0, 0.05) is 6.07 Å². The van der Waals surface area contributed by atoms with Gasteiger partial charge in [-0.3, -0.25) is 10.1 Å². The lowest BCUT2D eigenvalue weighted by Gasteiger charge is -2.08. The summed E-state index contributed by atoms with van der Waals surface area (Å²) in [5.74, 6) is -1.87. The molecule has 22 heavy (non-hydrogen) atoms. The number of nitrogens with zero attached hydrogens (tertiary/aromatic N) is 2. The van der Waals surface area contributed by atoms with E-state index in [1.54, 1.807) is 0 Å². The second-order valence-electron chi connectivity index (χ2n) is 3.82. The first-order valence-electron chi connectivity index (χ1n) is 5.93. The summed E-state index contributed by atoms with van der Waals surface area (Å²) in [6, 6.07) is 1.02. The number of ether oxygens (including phenoxy) is 3. The lowest BCUT2D eigenvalue weighted by molar-refractivity contribution is -0.384. The highest BCUT2D eigenvalue weighted by Gasteiger charge is 2.21. The molecular weight excluding hydrogens is 296 g/mol. The molecule has 118 valence electrons. The Labute approximate surface area is 125 Å². The predicted molar refractivity (Wildman–Crippen MR) is 74.9 cm³/mol. The average molecular weight is 310 g/mol. The molecular formula is C13H14N2O7. The number of rotatable bonds is 7. The predicted octanol–water partition coefficient (Wildman–Crippen LogP) is 1.36. The number of carbonyl (C=O) groups excluding carboxylic acids is 2. The van der Waals surface area contributed by atoms with Gasteiger partial charge >= 0.3 is 11.9 Å². The molecule has 0 unspecified atom stereocenters. The zero-order valence-electron chi connectivity index (χ0n) is 12.0. The van der Waals surface area contributed by atoms with Crippen molar-refractivity contribution in [2.75, 3.05) is 20.8 Å². The van der Waals surface area contributed by atoms with Gasteiger partial charge in [0.15, 0.2) is 0 Å². The van der Waals surface area contributed by atoms with Crippen LogP contribution in [0, 0.1) is 10.1 Å². The molecule has 0 atom stereocenters. The summed E-state index contributed by atoms with van der Waals surface area (Å²) in [5, 5.41) is 10.8. The molecule has 0 aliphatic heterocycles. The third kappa shape index (κ3) is 3.95. The molecule has 1 rings (SSSR count). The van der Waals surface area contributed by atoms with Crippen LogP contribution in [-0.2, 0) is 19.0 Å². The van der Waals surface area contributed by atoms with Crippen LogP contribution in [0.15, 0.2) is 30.7 Å². The Bertz CT molecular complexity index is 630. The van der Waals surface area contributed by atoms with Gasteiger partial charge in [0.25, 0.3) is 5.69 Å². The van der Waals surface area contributed by atoms with Crippen molar-refractivity contribution in [2.24, 2.45) is 0 Å². The SMILES string of the molecule is C=CCO/C(=C/n1cc([N+](=O)[O-])cc1C(=O)OC)C(=O)OC. The molecule has 1 heterocycles. The quantitative estimate of drug-likeness (QED) is 0.187. The maximum Gasteiger partial charge on any atom is 0.374 e. The van der Waals surface area contributed by atoms with Crippen LogP contribution in [0.5, 0.6) is 0 Å². The summed E-state index contributed by atoms with van der Waals surface area (Å²) in [4.78, 5) is 33.4. The van der Waals surface area contributed by atoms with E-state index in [0.717, 1.165) is 37.2 Å². The van der Waals surface area contributed by atoms with Crippen LogP contribution < -0.4 is 0 Å². The Balaban J connectivity index is 3.33. The molecule has 0 saturated carbocycles. The average Bonchev–Trinajstić information content (AvgIpc) is 2.93. The Morgan fingerprint density at radius 3 is 2.59 bits per heavy atom. The van der Waals surface area contributed by atoms with E-state index in [0.29, 0.717) is 0 Å². The highest BCUT2D eigenvalue weighted by Crippen LogP contribution is 2.19. The van der Waals surface area contributed by atoms with Gasteiger partial charge in [0.2, 0.25) is 5.76 Å². The maximum absolute atomic E-state index is 11.6. The number of hydrogen-bond donors (Lipinski definition) is 0. The van der Waals surface area contributed by atoms with E-state index in [2.05, 4.69) is 16.1 Å². The van der Waals surface area contributed by atoms with Crippen molar-refractivity contribution >= 4 is 23.8 Å². The van der Waals surface area contributed by atoms with Crippen molar-refractivity contribution in [1.29, 1.82) is 0 Å². The Hall–Kier alpha value is -3.10. The van der Waals surface area contributed by atoms with E-state index < -0.39 is 16.9 Å². The smallest absolute Gasteiger partial charge is 0.374 e. The number of methoxy groups -OCH3 is 2. The molecule has 0 spiro atoms. The summed E-state index contributed by atoms with van der Waals surface area (Å²) in [6.07, 6.45) is 3.54. The number of esters is 2. The fraction of sp³-hybridized carbons (Fsp3) is 0.231. The van der Waals surface area contributed by atoms with Crippen LogP contribution in [0.3, 0.4) is 0 Å². The van der Waals surface area contributed by atoms with Crippen molar-refractivity contribution < 1.29 is 28.7 Å². The van der Waals surface area contributed by atoms with E-state index in [9.17, 15) is 19.7 Å². The van der Waals surface area contributed by atoms with E-state index in [1.165, 1.54) is 6.08 Å². The molecule has 0 aromatic carbocycles. The standard InChI is InChI=1S/C13H14N2O7/c1-4-5-22-11(13(17)21-3)8-14-7-9(15(18)19)6-10(14)12(16)20-2/h4,6-8H,1,5H2,2-3H3/b11-8+. The summed E-state index contributed by atoms with van der Waals surface area (Å²) in [5.41, 5.74) is -0.484. The van der Waals surface area contributed by atoms with Gasteiger partial charge in [-0.05, 0) is 0 Å². The molecule has 9 nitrogen and oxygen atoms in total. The van der Waals surface area contributed by atoms with Crippen molar-refractivity contribution in [1.82, 2.24) is 4.57 Å². The number of aromatic nitrogens is 1. The normalized spacial score (nSPS) is 10.7. The first kappa shape index (κ1) is 17.0. The Morgan fingerprint density at radius 2 is 2.09 bits per heavy atom. The second kappa shape index (κ2) is 7.62. The van der Waals surface area contributed by atoms with Crippen molar-refractivity contribution in [2.45, 2.75) is 0 Å². The summed E-state index contributed by atoms with van der Waals surface area (Å²) >= 11 is 0. The van der Waals surface area contributed by atoms with Crippen LogP contribution >= 0.6 is 0 Å². The van der Waals surface area contributed by atoms with Gasteiger partial charge in [-0.1, -0.05) is 12.7 Å². The highest BCUT2D eigenvalue weighted by atomic mass is 16.6. The van der Waals surface area contributed by atoms with Gasteiger partial charge in [-0.2, -0.15) is 0 Å². The number of carbonyl (C=O) groups is 2. The minimum atomic E-state index is -0.811. The van der Waals surface area contributed by atoms with Crippen LogP contribution in [0.4, 0.5) is 5.69 Å². The van der Waals surface area contributed by atoms with Crippen molar-refractivity contribution in [3.8, 4) is 0 Å². The van der Waals surface area contributed by atoms with Gasteiger partial charge in [0.1, 0.15) is 12.3 Å². The lowest BCUT2D eigenvalue weighted by Crippen LogP contribution is -2.12. The van der Waals surface area contributed by atoms with E-state index in [1.807, 2.05) is 0 Å². The maximum atomic E-state index is 11.6.